The van der Waals surface area contributed by atoms with E-state index in [9.17, 15) is 9.59 Å². The Bertz CT molecular complexity index is 1410. The summed E-state index contributed by atoms with van der Waals surface area (Å²) in [6.07, 6.45) is 13.1. The first-order valence-corrected chi connectivity index (χ1v) is 14.8. The van der Waals surface area contributed by atoms with Gasteiger partial charge in [0.2, 0.25) is 5.91 Å². The van der Waals surface area contributed by atoms with Crippen LogP contribution in [0.25, 0.3) is 5.57 Å². The molecule has 2 saturated carbocycles. The second-order valence-corrected chi connectivity index (χ2v) is 12.4. The van der Waals surface area contributed by atoms with Crippen molar-refractivity contribution in [3.05, 3.63) is 89.0 Å². The monoisotopic (exact) mass is 539 g/mol. The summed E-state index contributed by atoms with van der Waals surface area (Å²) in [5, 5.41) is 0.678. The number of likely N-dealkylation sites (tertiary alicyclic amines) is 1. The molecule has 1 spiro atoms. The van der Waals surface area contributed by atoms with Crippen LogP contribution < -0.4 is 0 Å². The molecule has 1 saturated heterocycles. The minimum absolute atomic E-state index is 0.135. The molecule has 3 fully saturated rings. The zero-order valence-electron chi connectivity index (χ0n) is 22.2. The fourth-order valence-electron chi connectivity index (χ4n) is 6.63. The molecule has 2 aromatic rings. The average Bonchev–Trinajstić information content (AvgIpc) is 3.90. The lowest BCUT2D eigenvalue weighted by Crippen LogP contribution is -2.51. The second-order valence-electron chi connectivity index (χ2n) is 12.0. The van der Waals surface area contributed by atoms with Crippen molar-refractivity contribution in [1.29, 1.82) is 0 Å². The van der Waals surface area contributed by atoms with Crippen molar-refractivity contribution in [2.24, 2.45) is 16.8 Å². The summed E-state index contributed by atoms with van der Waals surface area (Å²) in [5.74, 6) is 1.77. The minimum atomic E-state index is -0.601. The van der Waals surface area contributed by atoms with E-state index < -0.39 is 11.0 Å². The fraction of sp³-hybridized carbons (Fsp3) is 0.424. The van der Waals surface area contributed by atoms with Gasteiger partial charge in [-0.05, 0) is 79.7 Å². The van der Waals surface area contributed by atoms with E-state index in [1.165, 1.54) is 11.1 Å². The predicted molar refractivity (Wildman–Crippen MR) is 154 cm³/mol. The van der Waals surface area contributed by atoms with Gasteiger partial charge in [0.1, 0.15) is 11.4 Å². The van der Waals surface area contributed by atoms with Crippen molar-refractivity contribution < 1.29 is 9.59 Å². The normalized spacial score (nSPS) is 27.5. The number of aliphatic imine (C=N–C) groups is 1. The van der Waals surface area contributed by atoms with Gasteiger partial charge in [0.15, 0.2) is 0 Å². The summed E-state index contributed by atoms with van der Waals surface area (Å²) in [6, 6.07) is 18.4. The third-order valence-electron chi connectivity index (χ3n) is 9.18. The maximum atomic E-state index is 13.9. The molecule has 7 rings (SSSR count). The van der Waals surface area contributed by atoms with E-state index in [1.54, 1.807) is 0 Å². The molecule has 2 heterocycles. The smallest absolute Gasteiger partial charge is 0.255 e. The molecule has 5 aliphatic rings. The number of amidine groups is 1. The van der Waals surface area contributed by atoms with Gasteiger partial charge in [-0.1, -0.05) is 72.3 Å². The molecular formula is C33H34ClN3O2. The van der Waals surface area contributed by atoms with Crippen molar-refractivity contribution in [2.45, 2.75) is 55.9 Å². The third kappa shape index (κ3) is 4.45. The van der Waals surface area contributed by atoms with Crippen LogP contribution in [0.4, 0.5) is 0 Å². The molecule has 2 aliphatic heterocycles. The number of halogens is 1. The van der Waals surface area contributed by atoms with E-state index in [4.69, 9.17) is 16.6 Å². The molecule has 0 bridgehead atoms. The summed E-state index contributed by atoms with van der Waals surface area (Å²) in [4.78, 5) is 36.1. The highest BCUT2D eigenvalue weighted by molar-refractivity contribution is 6.30. The molecule has 0 radical (unpaired) electrons. The van der Waals surface area contributed by atoms with Gasteiger partial charge < -0.3 is 4.90 Å². The number of hydrogen-bond donors (Lipinski definition) is 0. The number of hydrogen-bond acceptors (Lipinski definition) is 3. The molecule has 6 heteroatoms. The molecule has 0 aromatic heterocycles. The van der Waals surface area contributed by atoms with Gasteiger partial charge in [-0.3, -0.25) is 19.5 Å². The lowest BCUT2D eigenvalue weighted by atomic mass is 9.72. The molecule has 39 heavy (non-hydrogen) atoms. The van der Waals surface area contributed by atoms with Crippen LogP contribution in [0.3, 0.4) is 0 Å². The van der Waals surface area contributed by atoms with Gasteiger partial charge in [0.25, 0.3) is 5.91 Å². The van der Waals surface area contributed by atoms with Crippen LogP contribution in [0.5, 0.6) is 0 Å². The minimum Gasteiger partial charge on any atom is -0.342 e. The van der Waals surface area contributed by atoms with Crippen LogP contribution in [0.2, 0.25) is 5.02 Å². The average molecular weight is 540 g/mol. The molecule has 1 unspecified atom stereocenters. The maximum absolute atomic E-state index is 13.9. The topological polar surface area (TPSA) is 53.0 Å². The van der Waals surface area contributed by atoms with E-state index in [0.717, 1.165) is 63.0 Å². The SMILES string of the molecule is O=C(C1CC1)N1CCC[C@@H](CN2C(=O)C3(CC3)N=C2C2(c3cccc(Cl)c3)C=CC(c3ccccc3)=CC2)C1. The molecule has 5 nitrogen and oxygen atoms in total. The first-order valence-electron chi connectivity index (χ1n) is 14.4. The van der Waals surface area contributed by atoms with Crippen LogP contribution >= 0.6 is 11.6 Å². The Kier molecular flexibility index (Phi) is 6.04. The molecule has 0 N–H and O–H groups in total. The van der Waals surface area contributed by atoms with E-state index in [-0.39, 0.29) is 17.7 Å². The highest BCUT2D eigenvalue weighted by Crippen LogP contribution is 2.50. The van der Waals surface area contributed by atoms with Gasteiger partial charge in [-0.2, -0.15) is 0 Å². The largest absolute Gasteiger partial charge is 0.342 e. The number of amides is 2. The second kappa shape index (κ2) is 9.48. The van der Waals surface area contributed by atoms with E-state index in [0.29, 0.717) is 23.9 Å². The Morgan fingerprint density at radius 1 is 1.05 bits per heavy atom. The van der Waals surface area contributed by atoms with Crippen molar-refractivity contribution in [3.8, 4) is 0 Å². The number of benzene rings is 2. The molecule has 3 aliphatic carbocycles. The predicted octanol–water partition coefficient (Wildman–Crippen LogP) is 6.04. The van der Waals surface area contributed by atoms with Crippen molar-refractivity contribution in [3.63, 3.8) is 0 Å². The lowest BCUT2D eigenvalue weighted by Gasteiger charge is -2.40. The van der Waals surface area contributed by atoms with Gasteiger partial charge >= 0.3 is 0 Å². The lowest BCUT2D eigenvalue weighted by molar-refractivity contribution is -0.134. The Hall–Kier alpha value is -3.18. The van der Waals surface area contributed by atoms with Gasteiger partial charge in [0.05, 0.1) is 5.41 Å². The van der Waals surface area contributed by atoms with Crippen LogP contribution in [-0.2, 0) is 15.0 Å². The molecule has 2 atom stereocenters. The van der Waals surface area contributed by atoms with Crippen LogP contribution in [0.15, 0.2) is 77.8 Å². The zero-order valence-corrected chi connectivity index (χ0v) is 22.9. The maximum Gasteiger partial charge on any atom is 0.255 e. The van der Waals surface area contributed by atoms with E-state index in [1.807, 2.05) is 29.2 Å². The number of carbonyl (C=O) groups excluding carboxylic acids is 2. The zero-order chi connectivity index (χ0) is 26.6. The van der Waals surface area contributed by atoms with Crippen LogP contribution in [0, 0.1) is 11.8 Å². The number of carbonyl (C=O) groups is 2. The Morgan fingerprint density at radius 2 is 1.87 bits per heavy atom. The van der Waals surface area contributed by atoms with Crippen LogP contribution in [0.1, 0.15) is 56.1 Å². The summed E-state index contributed by atoms with van der Waals surface area (Å²) in [7, 11) is 0. The summed E-state index contributed by atoms with van der Waals surface area (Å²) >= 11 is 6.53. The van der Waals surface area contributed by atoms with E-state index in [2.05, 4.69) is 53.5 Å². The number of rotatable bonds is 6. The standard InChI is InChI=1S/C33H34ClN3O2/c34-28-10-4-9-27(20-28)32(15-13-25(14-16-32)24-7-2-1-3-8-24)30-35-33(17-18-33)31(39)37(30)22-23-6-5-19-36(21-23)29(38)26-11-12-26/h1-4,7-10,13-15,20,23,26H,5-6,11-12,16-19,21-22H2/t23-,32?/m1/s1. The number of nitrogens with zero attached hydrogens (tertiary/aromatic N) is 3. The van der Waals surface area contributed by atoms with Crippen molar-refractivity contribution in [2.75, 3.05) is 19.6 Å². The Morgan fingerprint density at radius 3 is 2.56 bits per heavy atom. The van der Waals surface area contributed by atoms with Crippen molar-refractivity contribution in [1.82, 2.24) is 9.80 Å². The quantitative estimate of drug-likeness (QED) is 0.449. The molecule has 2 aromatic carbocycles. The Labute approximate surface area is 235 Å². The van der Waals surface area contributed by atoms with E-state index >= 15 is 0 Å². The summed E-state index contributed by atoms with van der Waals surface area (Å²) in [6.45, 7) is 2.18. The number of piperidine rings is 1. The summed E-state index contributed by atoms with van der Waals surface area (Å²) < 4.78 is 0. The first-order chi connectivity index (χ1) is 19.0. The van der Waals surface area contributed by atoms with Gasteiger partial charge in [-0.25, -0.2) is 0 Å². The van der Waals surface area contributed by atoms with Gasteiger partial charge in [-0.15, -0.1) is 0 Å². The van der Waals surface area contributed by atoms with Crippen molar-refractivity contribution >= 4 is 34.8 Å². The molecule has 200 valence electrons. The van der Waals surface area contributed by atoms with Gasteiger partial charge in [0, 0.05) is 30.6 Å². The Balaban J connectivity index is 1.23. The first kappa shape index (κ1) is 24.8. The molecule has 2 amide bonds. The molecular weight excluding hydrogens is 506 g/mol. The fourth-order valence-corrected chi connectivity index (χ4v) is 6.82. The summed E-state index contributed by atoms with van der Waals surface area (Å²) in [5.41, 5.74) is 2.22. The van der Waals surface area contributed by atoms with Crippen LogP contribution in [-0.4, -0.2) is 52.6 Å². The third-order valence-corrected chi connectivity index (χ3v) is 9.41. The highest BCUT2D eigenvalue weighted by Gasteiger charge is 2.60. The highest BCUT2D eigenvalue weighted by atomic mass is 35.5. The number of allylic oxidation sites excluding steroid dienone is 3.